The lowest BCUT2D eigenvalue weighted by Crippen LogP contribution is -2.45. The number of ether oxygens (including phenoxy) is 1. The lowest BCUT2D eigenvalue weighted by Gasteiger charge is -2.30. The second-order valence-electron chi connectivity index (χ2n) is 8.10. The van der Waals surface area contributed by atoms with Gasteiger partial charge in [0, 0.05) is 49.5 Å². The van der Waals surface area contributed by atoms with Gasteiger partial charge in [0.2, 0.25) is 5.91 Å². The molecule has 3 rings (SSSR count). The number of morpholine rings is 1. The first-order chi connectivity index (χ1) is 18.1. The Bertz CT molecular complexity index is 1160. The third kappa shape index (κ3) is 9.22. The maximum Gasteiger partial charge on any atom is 0.328 e. The first-order valence-corrected chi connectivity index (χ1v) is 11.8. The molecular formula is C26H29N3O9. The van der Waals surface area contributed by atoms with Crippen LogP contribution in [0.15, 0.2) is 60.7 Å². The van der Waals surface area contributed by atoms with Crippen molar-refractivity contribution in [3.63, 3.8) is 0 Å². The summed E-state index contributed by atoms with van der Waals surface area (Å²) in [6.07, 6.45) is 1.80. The van der Waals surface area contributed by atoms with Crippen LogP contribution in [-0.2, 0) is 19.1 Å². The number of aliphatic carboxylic acids is 2. The molecular weight excluding hydrogens is 498 g/mol. The molecule has 12 heteroatoms. The van der Waals surface area contributed by atoms with Crippen LogP contribution < -0.4 is 4.90 Å². The largest absolute Gasteiger partial charge is 0.478 e. The van der Waals surface area contributed by atoms with E-state index in [0.717, 1.165) is 0 Å². The van der Waals surface area contributed by atoms with E-state index in [1.165, 1.54) is 18.2 Å². The van der Waals surface area contributed by atoms with Gasteiger partial charge in [0.1, 0.15) is 0 Å². The van der Waals surface area contributed by atoms with E-state index in [4.69, 9.17) is 14.9 Å². The van der Waals surface area contributed by atoms with E-state index in [1.807, 2.05) is 11.8 Å². The number of carboxylic acid groups (broad SMARTS) is 2. The SMILES string of the molecule is CCCN(C(=O)CN1CCOCC1)c1ccc([N+](=O)[O-])cc1C(=O)c1ccccc1.O=C(O)C=CC(=O)O. The van der Waals surface area contributed by atoms with Crippen LogP contribution in [-0.4, -0.2) is 83.1 Å². The zero-order valence-electron chi connectivity index (χ0n) is 20.8. The Kier molecular flexibility index (Phi) is 11.7. The van der Waals surface area contributed by atoms with Crippen molar-refractivity contribution in [2.75, 3.05) is 44.3 Å². The topological polar surface area (TPSA) is 168 Å². The number of rotatable bonds is 10. The summed E-state index contributed by atoms with van der Waals surface area (Å²) in [5.74, 6) is -3.01. The Balaban J connectivity index is 0.000000550. The highest BCUT2D eigenvalue weighted by Gasteiger charge is 2.26. The first-order valence-electron chi connectivity index (χ1n) is 11.8. The minimum absolute atomic E-state index is 0.144. The molecule has 0 unspecified atom stereocenters. The number of nitro groups is 1. The van der Waals surface area contributed by atoms with Gasteiger partial charge in [-0.15, -0.1) is 0 Å². The number of carbonyl (C=O) groups is 4. The van der Waals surface area contributed by atoms with Crippen LogP contribution in [0.25, 0.3) is 0 Å². The third-order valence-corrected chi connectivity index (χ3v) is 5.34. The molecule has 1 aliphatic heterocycles. The second-order valence-corrected chi connectivity index (χ2v) is 8.10. The molecule has 0 aliphatic carbocycles. The molecule has 1 heterocycles. The Labute approximate surface area is 218 Å². The molecule has 2 N–H and O–H groups in total. The van der Waals surface area contributed by atoms with Gasteiger partial charge < -0.3 is 19.8 Å². The molecule has 12 nitrogen and oxygen atoms in total. The van der Waals surface area contributed by atoms with Gasteiger partial charge in [-0.1, -0.05) is 37.3 Å². The molecule has 0 bridgehead atoms. The monoisotopic (exact) mass is 527 g/mol. The number of benzene rings is 2. The second kappa shape index (κ2) is 15.0. The average Bonchev–Trinajstić information content (AvgIpc) is 2.91. The molecule has 0 saturated carbocycles. The van der Waals surface area contributed by atoms with Crippen LogP contribution >= 0.6 is 0 Å². The Morgan fingerprint density at radius 1 is 1.03 bits per heavy atom. The van der Waals surface area contributed by atoms with E-state index in [-0.39, 0.29) is 29.5 Å². The first kappa shape index (κ1) is 29.8. The predicted molar refractivity (Wildman–Crippen MR) is 137 cm³/mol. The van der Waals surface area contributed by atoms with Crippen LogP contribution in [0.2, 0.25) is 0 Å². The molecule has 0 radical (unpaired) electrons. The van der Waals surface area contributed by atoms with Crippen LogP contribution in [0, 0.1) is 10.1 Å². The van der Waals surface area contributed by atoms with Gasteiger partial charge in [-0.05, 0) is 12.5 Å². The lowest BCUT2D eigenvalue weighted by atomic mass is 10.00. The van der Waals surface area contributed by atoms with E-state index in [1.54, 1.807) is 35.2 Å². The van der Waals surface area contributed by atoms with E-state index < -0.39 is 16.9 Å². The fourth-order valence-corrected chi connectivity index (χ4v) is 3.58. The zero-order chi connectivity index (χ0) is 28.1. The van der Waals surface area contributed by atoms with E-state index >= 15 is 0 Å². The van der Waals surface area contributed by atoms with Gasteiger partial charge >= 0.3 is 11.9 Å². The molecule has 1 saturated heterocycles. The summed E-state index contributed by atoms with van der Waals surface area (Å²) in [6, 6.07) is 12.7. The van der Waals surface area contributed by atoms with Gasteiger partial charge in [-0.25, -0.2) is 9.59 Å². The van der Waals surface area contributed by atoms with Crippen molar-refractivity contribution < 1.29 is 39.1 Å². The Morgan fingerprint density at radius 3 is 2.16 bits per heavy atom. The van der Waals surface area contributed by atoms with Crippen molar-refractivity contribution in [2.24, 2.45) is 0 Å². The zero-order valence-corrected chi connectivity index (χ0v) is 20.8. The number of hydrogen-bond acceptors (Lipinski definition) is 8. The molecule has 38 heavy (non-hydrogen) atoms. The molecule has 1 amide bonds. The van der Waals surface area contributed by atoms with Crippen molar-refractivity contribution >= 4 is 35.0 Å². The maximum absolute atomic E-state index is 13.2. The molecule has 2 aromatic carbocycles. The summed E-state index contributed by atoms with van der Waals surface area (Å²) >= 11 is 0. The minimum atomic E-state index is -1.26. The molecule has 2 aromatic rings. The quantitative estimate of drug-likeness (QED) is 0.203. The van der Waals surface area contributed by atoms with Gasteiger partial charge in [0.05, 0.1) is 35.9 Å². The van der Waals surface area contributed by atoms with Crippen LogP contribution in [0.5, 0.6) is 0 Å². The number of anilines is 1. The minimum Gasteiger partial charge on any atom is -0.478 e. The fourth-order valence-electron chi connectivity index (χ4n) is 3.58. The number of nitro benzene ring substituents is 1. The Hall–Kier alpha value is -4.42. The lowest BCUT2D eigenvalue weighted by molar-refractivity contribution is -0.384. The van der Waals surface area contributed by atoms with Crippen LogP contribution in [0.4, 0.5) is 11.4 Å². The molecule has 1 fully saturated rings. The summed E-state index contributed by atoms with van der Waals surface area (Å²) in [5.41, 5.74) is 0.778. The van der Waals surface area contributed by atoms with Crippen molar-refractivity contribution in [1.29, 1.82) is 0 Å². The van der Waals surface area contributed by atoms with Gasteiger partial charge in [0.15, 0.2) is 5.78 Å². The molecule has 0 atom stereocenters. The Morgan fingerprint density at radius 2 is 1.63 bits per heavy atom. The van der Waals surface area contributed by atoms with Crippen LogP contribution in [0.1, 0.15) is 29.3 Å². The van der Waals surface area contributed by atoms with Gasteiger partial charge in [0.25, 0.3) is 5.69 Å². The van der Waals surface area contributed by atoms with Crippen molar-refractivity contribution in [1.82, 2.24) is 4.90 Å². The smallest absolute Gasteiger partial charge is 0.328 e. The van der Waals surface area contributed by atoms with Crippen molar-refractivity contribution in [3.05, 3.63) is 81.9 Å². The molecule has 1 aliphatic rings. The number of non-ortho nitro benzene ring substituents is 1. The normalized spacial score (nSPS) is 13.3. The van der Waals surface area contributed by atoms with Crippen molar-refractivity contribution in [3.8, 4) is 0 Å². The van der Waals surface area contributed by atoms with Crippen LogP contribution in [0.3, 0.4) is 0 Å². The molecule has 0 spiro atoms. The number of ketones is 1. The van der Waals surface area contributed by atoms with E-state index in [2.05, 4.69) is 0 Å². The summed E-state index contributed by atoms with van der Waals surface area (Å²) < 4.78 is 5.33. The van der Waals surface area contributed by atoms with E-state index in [9.17, 15) is 29.3 Å². The maximum atomic E-state index is 13.2. The van der Waals surface area contributed by atoms with Gasteiger partial charge in [-0.3, -0.25) is 24.6 Å². The average molecular weight is 528 g/mol. The number of carbonyl (C=O) groups excluding carboxylic acids is 2. The molecule has 202 valence electrons. The van der Waals surface area contributed by atoms with Crippen molar-refractivity contribution in [2.45, 2.75) is 13.3 Å². The third-order valence-electron chi connectivity index (χ3n) is 5.34. The highest BCUT2D eigenvalue weighted by Crippen LogP contribution is 2.28. The predicted octanol–water partition coefficient (Wildman–Crippen LogP) is 2.61. The number of hydrogen-bond donors (Lipinski definition) is 2. The molecule has 0 aromatic heterocycles. The van der Waals surface area contributed by atoms with E-state index in [0.29, 0.717) is 62.7 Å². The number of carboxylic acids is 2. The summed E-state index contributed by atoms with van der Waals surface area (Å²) in [6.45, 7) is 5.06. The fraction of sp³-hybridized carbons (Fsp3) is 0.308. The summed E-state index contributed by atoms with van der Waals surface area (Å²) in [7, 11) is 0. The highest BCUT2D eigenvalue weighted by molar-refractivity contribution is 6.14. The summed E-state index contributed by atoms with van der Waals surface area (Å²) in [5, 5.41) is 26.9. The number of nitrogens with zero attached hydrogens (tertiary/aromatic N) is 3. The standard InChI is InChI=1S/C22H25N3O5.C4H4O4/c1-2-10-24(21(26)16-23-11-13-30-14-12-23)20-9-8-18(25(28)29)15-19(20)22(27)17-6-4-3-5-7-17;5-3(6)1-2-4(7)8/h3-9,15H,2,10-14,16H2,1H3;1-2H,(H,5,6)(H,7,8). The highest BCUT2D eigenvalue weighted by atomic mass is 16.6. The number of amides is 1. The summed E-state index contributed by atoms with van der Waals surface area (Å²) in [4.78, 5) is 59.8. The van der Waals surface area contributed by atoms with Gasteiger partial charge in [-0.2, -0.15) is 0 Å².